The Bertz CT molecular complexity index is 636. The highest BCUT2D eigenvalue weighted by atomic mass is 35.5. The summed E-state index contributed by atoms with van der Waals surface area (Å²) in [6, 6.07) is 7.44. The van der Waals surface area contributed by atoms with Crippen molar-refractivity contribution in [2.75, 3.05) is 5.32 Å². The summed E-state index contributed by atoms with van der Waals surface area (Å²) in [7, 11) is 0. The largest absolute Gasteiger partial charge is 0.434 e. The maximum atomic E-state index is 13.1. The molecular weight excluding hydrogens is 310 g/mol. The average molecular weight is 320 g/mol. The summed E-state index contributed by atoms with van der Waals surface area (Å²) in [4.78, 5) is 0. The summed E-state index contributed by atoms with van der Waals surface area (Å²) in [5.41, 5.74) is 0.671. The van der Waals surface area contributed by atoms with Gasteiger partial charge in [0.05, 0.1) is 0 Å². The van der Waals surface area contributed by atoms with E-state index in [4.69, 9.17) is 11.6 Å². The van der Waals surface area contributed by atoms with E-state index < -0.39 is 18.2 Å². The van der Waals surface area contributed by atoms with Crippen LogP contribution in [-0.4, -0.2) is 6.61 Å². The molecule has 0 unspecified atom stereocenters. The van der Waals surface area contributed by atoms with Crippen LogP contribution in [0.1, 0.15) is 5.56 Å². The zero-order valence-electron chi connectivity index (χ0n) is 10.5. The van der Waals surface area contributed by atoms with E-state index in [1.54, 1.807) is 0 Å². The molecule has 0 bridgehead atoms. The third kappa shape index (κ3) is 4.26. The molecule has 2 rings (SSSR count). The Labute approximate surface area is 123 Å². The van der Waals surface area contributed by atoms with Crippen LogP contribution >= 0.6 is 11.6 Å². The average Bonchev–Trinajstić information content (AvgIpc) is 2.42. The maximum Gasteiger partial charge on any atom is 0.387 e. The van der Waals surface area contributed by atoms with E-state index in [0.717, 1.165) is 12.1 Å². The molecule has 112 valence electrons. The summed E-state index contributed by atoms with van der Waals surface area (Å²) in [6.07, 6.45) is 0. The van der Waals surface area contributed by atoms with Gasteiger partial charge < -0.3 is 10.1 Å². The summed E-state index contributed by atoms with van der Waals surface area (Å²) >= 11 is 5.80. The van der Waals surface area contributed by atoms with Crippen LogP contribution in [0.3, 0.4) is 0 Å². The molecule has 2 aromatic rings. The summed E-state index contributed by atoms with van der Waals surface area (Å²) in [6.45, 7) is -2.90. The molecule has 2 aromatic carbocycles. The van der Waals surface area contributed by atoms with Gasteiger partial charge in [-0.15, -0.1) is 0 Å². The molecule has 7 heteroatoms. The van der Waals surface area contributed by atoms with Crippen LogP contribution in [-0.2, 0) is 6.54 Å². The Morgan fingerprint density at radius 1 is 1.05 bits per heavy atom. The molecule has 0 heterocycles. The number of benzene rings is 2. The van der Waals surface area contributed by atoms with Gasteiger partial charge in [0.2, 0.25) is 0 Å². The van der Waals surface area contributed by atoms with Crippen molar-refractivity contribution in [2.24, 2.45) is 0 Å². The van der Waals surface area contributed by atoms with E-state index >= 15 is 0 Å². The van der Waals surface area contributed by atoms with Gasteiger partial charge in [-0.1, -0.05) is 11.6 Å². The second-order valence-corrected chi connectivity index (χ2v) is 4.55. The highest BCUT2D eigenvalue weighted by Gasteiger charge is 2.10. The van der Waals surface area contributed by atoms with Crippen molar-refractivity contribution in [3.8, 4) is 5.75 Å². The minimum absolute atomic E-state index is 0.0375. The SMILES string of the molecule is Fc1ccc(NCc2cc(Cl)ccc2OC(F)F)cc1F. The monoisotopic (exact) mass is 319 g/mol. The van der Waals surface area contributed by atoms with E-state index in [-0.39, 0.29) is 12.3 Å². The van der Waals surface area contributed by atoms with Crippen molar-refractivity contribution < 1.29 is 22.3 Å². The normalized spacial score (nSPS) is 10.8. The fourth-order valence-corrected chi connectivity index (χ4v) is 1.90. The predicted octanol–water partition coefficient (Wildman–Crippen LogP) is 4.83. The first kappa shape index (κ1) is 15.4. The molecule has 0 aliphatic carbocycles. The van der Waals surface area contributed by atoms with Crippen molar-refractivity contribution in [3.63, 3.8) is 0 Å². The first-order valence-electron chi connectivity index (χ1n) is 5.88. The van der Waals surface area contributed by atoms with Crippen LogP contribution in [0.5, 0.6) is 5.75 Å². The number of ether oxygens (including phenoxy) is 1. The number of hydrogen-bond donors (Lipinski definition) is 1. The quantitative estimate of drug-likeness (QED) is 0.797. The van der Waals surface area contributed by atoms with Crippen molar-refractivity contribution in [1.29, 1.82) is 0 Å². The zero-order valence-corrected chi connectivity index (χ0v) is 11.3. The molecule has 0 radical (unpaired) electrons. The Morgan fingerprint density at radius 2 is 1.81 bits per heavy atom. The number of rotatable bonds is 5. The van der Waals surface area contributed by atoms with Crippen LogP contribution < -0.4 is 10.1 Å². The molecule has 0 atom stereocenters. The van der Waals surface area contributed by atoms with Crippen molar-refractivity contribution in [1.82, 2.24) is 0 Å². The third-order valence-corrected chi connectivity index (χ3v) is 2.88. The van der Waals surface area contributed by atoms with Gasteiger partial charge in [-0.2, -0.15) is 8.78 Å². The molecule has 0 amide bonds. The predicted molar refractivity (Wildman–Crippen MR) is 71.8 cm³/mol. The van der Waals surface area contributed by atoms with Gasteiger partial charge in [-0.05, 0) is 30.3 Å². The van der Waals surface area contributed by atoms with Gasteiger partial charge in [0, 0.05) is 28.9 Å². The molecule has 21 heavy (non-hydrogen) atoms. The van der Waals surface area contributed by atoms with Gasteiger partial charge in [-0.3, -0.25) is 0 Å². The fourth-order valence-electron chi connectivity index (χ4n) is 1.70. The van der Waals surface area contributed by atoms with E-state index in [2.05, 4.69) is 10.1 Å². The second-order valence-electron chi connectivity index (χ2n) is 4.11. The molecule has 0 aliphatic heterocycles. The summed E-state index contributed by atoms with van der Waals surface area (Å²) in [5.74, 6) is -2.01. The smallest absolute Gasteiger partial charge is 0.387 e. The topological polar surface area (TPSA) is 21.3 Å². The molecule has 0 saturated heterocycles. The number of alkyl halides is 2. The minimum atomic E-state index is -2.96. The fraction of sp³-hybridized carbons (Fsp3) is 0.143. The van der Waals surface area contributed by atoms with E-state index in [0.29, 0.717) is 16.3 Å². The first-order chi connectivity index (χ1) is 9.95. The molecule has 0 spiro atoms. The Kier molecular flexibility index (Phi) is 4.90. The van der Waals surface area contributed by atoms with Crippen LogP contribution in [0.15, 0.2) is 36.4 Å². The van der Waals surface area contributed by atoms with Crippen LogP contribution in [0.4, 0.5) is 23.2 Å². The highest BCUT2D eigenvalue weighted by molar-refractivity contribution is 6.30. The van der Waals surface area contributed by atoms with Gasteiger partial charge in [-0.25, -0.2) is 8.78 Å². The third-order valence-electron chi connectivity index (χ3n) is 2.64. The summed E-state index contributed by atoms with van der Waals surface area (Å²) < 4.78 is 54.8. The number of halogens is 5. The molecule has 0 fully saturated rings. The molecule has 1 N–H and O–H groups in total. The van der Waals surface area contributed by atoms with Gasteiger partial charge in [0.25, 0.3) is 0 Å². The lowest BCUT2D eigenvalue weighted by Gasteiger charge is -2.12. The first-order valence-corrected chi connectivity index (χ1v) is 6.25. The molecule has 2 nitrogen and oxygen atoms in total. The van der Waals surface area contributed by atoms with E-state index in [9.17, 15) is 17.6 Å². The Balaban J connectivity index is 2.14. The van der Waals surface area contributed by atoms with E-state index in [1.807, 2.05) is 0 Å². The Hall–Kier alpha value is -1.95. The molecular formula is C14H10ClF4NO. The maximum absolute atomic E-state index is 13.1. The summed E-state index contributed by atoms with van der Waals surface area (Å²) in [5, 5.41) is 3.13. The molecule has 0 aromatic heterocycles. The molecule has 0 aliphatic rings. The standard InChI is InChI=1S/C14H10ClF4NO/c15-9-1-4-13(21-14(18)19)8(5-9)7-20-10-2-3-11(16)12(17)6-10/h1-6,14,20H,7H2. The minimum Gasteiger partial charge on any atom is -0.434 e. The van der Waals surface area contributed by atoms with Crippen LogP contribution in [0.2, 0.25) is 5.02 Å². The highest BCUT2D eigenvalue weighted by Crippen LogP contribution is 2.25. The van der Waals surface area contributed by atoms with Crippen LogP contribution in [0.25, 0.3) is 0 Å². The zero-order chi connectivity index (χ0) is 15.4. The lowest BCUT2D eigenvalue weighted by Crippen LogP contribution is -2.07. The second kappa shape index (κ2) is 6.67. The Morgan fingerprint density at radius 3 is 2.48 bits per heavy atom. The lowest BCUT2D eigenvalue weighted by molar-refractivity contribution is -0.0504. The lowest BCUT2D eigenvalue weighted by atomic mass is 10.2. The number of hydrogen-bond acceptors (Lipinski definition) is 2. The van der Waals surface area contributed by atoms with Crippen molar-refractivity contribution in [3.05, 3.63) is 58.6 Å². The van der Waals surface area contributed by atoms with Crippen molar-refractivity contribution >= 4 is 17.3 Å². The van der Waals surface area contributed by atoms with Crippen LogP contribution in [0, 0.1) is 11.6 Å². The number of anilines is 1. The van der Waals surface area contributed by atoms with Crippen molar-refractivity contribution in [2.45, 2.75) is 13.2 Å². The molecule has 0 saturated carbocycles. The van der Waals surface area contributed by atoms with Gasteiger partial charge in [0.15, 0.2) is 11.6 Å². The number of nitrogens with one attached hydrogen (secondary N) is 1. The van der Waals surface area contributed by atoms with Gasteiger partial charge >= 0.3 is 6.61 Å². The van der Waals surface area contributed by atoms with E-state index in [1.165, 1.54) is 24.3 Å². The van der Waals surface area contributed by atoms with Gasteiger partial charge in [0.1, 0.15) is 5.75 Å².